The first-order valence-corrected chi connectivity index (χ1v) is 6.97. The molecule has 0 saturated carbocycles. The van der Waals surface area contributed by atoms with Crippen molar-refractivity contribution in [1.82, 2.24) is 15.2 Å². The minimum Gasteiger partial charge on any atom is -0.491 e. The molecule has 0 fully saturated rings. The summed E-state index contributed by atoms with van der Waals surface area (Å²) in [5.74, 6) is 2.26. The molecular formula is C17H17N3O. The molecule has 0 aliphatic carbocycles. The van der Waals surface area contributed by atoms with Gasteiger partial charge in [-0.25, -0.2) is 4.98 Å². The molecule has 0 spiro atoms. The third-order valence-electron chi connectivity index (χ3n) is 3.00. The largest absolute Gasteiger partial charge is 0.491 e. The van der Waals surface area contributed by atoms with E-state index in [1.165, 1.54) is 0 Å². The van der Waals surface area contributed by atoms with E-state index in [0.717, 1.165) is 22.7 Å². The molecular weight excluding hydrogens is 262 g/mol. The maximum atomic E-state index is 5.70. The van der Waals surface area contributed by atoms with Gasteiger partial charge in [0.25, 0.3) is 0 Å². The fourth-order valence-electron chi connectivity index (χ4n) is 2.10. The van der Waals surface area contributed by atoms with Gasteiger partial charge in [-0.15, -0.1) is 0 Å². The minimum absolute atomic E-state index is 0.146. The highest BCUT2D eigenvalue weighted by Crippen LogP contribution is 2.23. The summed E-state index contributed by atoms with van der Waals surface area (Å²) in [5, 5.41) is 7.27. The molecule has 1 N–H and O–H groups in total. The van der Waals surface area contributed by atoms with E-state index in [2.05, 4.69) is 15.2 Å². The number of nitrogens with zero attached hydrogens (tertiary/aromatic N) is 2. The monoisotopic (exact) mass is 279 g/mol. The van der Waals surface area contributed by atoms with Crippen LogP contribution in [0.4, 0.5) is 0 Å². The average molecular weight is 279 g/mol. The van der Waals surface area contributed by atoms with Crippen molar-refractivity contribution in [3.8, 4) is 28.5 Å². The van der Waals surface area contributed by atoms with Gasteiger partial charge >= 0.3 is 0 Å². The van der Waals surface area contributed by atoms with Crippen LogP contribution in [0.15, 0.2) is 54.6 Å². The van der Waals surface area contributed by atoms with E-state index in [9.17, 15) is 0 Å². The van der Waals surface area contributed by atoms with Crippen LogP contribution in [-0.4, -0.2) is 21.3 Å². The number of H-pyrrole nitrogens is 1. The van der Waals surface area contributed by atoms with Crippen molar-refractivity contribution in [3.05, 3.63) is 54.6 Å². The highest BCUT2D eigenvalue weighted by Gasteiger charge is 2.08. The third kappa shape index (κ3) is 3.11. The molecule has 2 aromatic carbocycles. The molecule has 0 amide bonds. The van der Waals surface area contributed by atoms with Gasteiger partial charge in [-0.05, 0) is 26.0 Å². The number of ether oxygens (including phenoxy) is 1. The highest BCUT2D eigenvalue weighted by atomic mass is 16.5. The molecule has 4 heteroatoms. The Bertz CT molecular complexity index is 720. The molecule has 0 aliphatic heterocycles. The molecule has 1 heterocycles. The second kappa shape index (κ2) is 5.79. The van der Waals surface area contributed by atoms with Gasteiger partial charge in [0.2, 0.25) is 0 Å². The lowest BCUT2D eigenvalue weighted by molar-refractivity contribution is 0.242. The van der Waals surface area contributed by atoms with E-state index < -0.39 is 0 Å². The van der Waals surface area contributed by atoms with Crippen molar-refractivity contribution < 1.29 is 4.74 Å². The molecule has 0 aliphatic rings. The summed E-state index contributed by atoms with van der Waals surface area (Å²) in [6, 6.07) is 17.8. The van der Waals surface area contributed by atoms with Crippen molar-refractivity contribution in [2.75, 3.05) is 0 Å². The van der Waals surface area contributed by atoms with E-state index in [1.54, 1.807) is 0 Å². The van der Waals surface area contributed by atoms with Gasteiger partial charge in [-0.1, -0.05) is 42.5 Å². The lowest BCUT2D eigenvalue weighted by Gasteiger charge is -2.09. The number of benzene rings is 2. The van der Waals surface area contributed by atoms with Gasteiger partial charge in [0.1, 0.15) is 5.75 Å². The zero-order valence-corrected chi connectivity index (χ0v) is 12.1. The Morgan fingerprint density at radius 3 is 2.48 bits per heavy atom. The Morgan fingerprint density at radius 2 is 1.71 bits per heavy atom. The van der Waals surface area contributed by atoms with Crippen LogP contribution in [0.5, 0.6) is 5.75 Å². The summed E-state index contributed by atoms with van der Waals surface area (Å²) >= 11 is 0. The lowest BCUT2D eigenvalue weighted by atomic mass is 10.2. The number of hydrogen-bond acceptors (Lipinski definition) is 3. The highest BCUT2D eigenvalue weighted by molar-refractivity contribution is 5.62. The maximum absolute atomic E-state index is 5.70. The van der Waals surface area contributed by atoms with E-state index in [1.807, 2.05) is 68.4 Å². The van der Waals surface area contributed by atoms with Gasteiger partial charge in [0.15, 0.2) is 11.6 Å². The van der Waals surface area contributed by atoms with E-state index in [4.69, 9.17) is 4.74 Å². The number of rotatable bonds is 4. The fraction of sp³-hybridized carbons (Fsp3) is 0.176. The molecule has 0 radical (unpaired) electrons. The Labute approximate surface area is 123 Å². The summed E-state index contributed by atoms with van der Waals surface area (Å²) in [6.45, 7) is 4.01. The quantitative estimate of drug-likeness (QED) is 0.787. The Kier molecular flexibility index (Phi) is 3.69. The fourth-order valence-corrected chi connectivity index (χ4v) is 2.10. The third-order valence-corrected chi connectivity index (χ3v) is 3.00. The van der Waals surface area contributed by atoms with Crippen LogP contribution >= 0.6 is 0 Å². The Balaban J connectivity index is 1.90. The van der Waals surface area contributed by atoms with E-state index in [0.29, 0.717) is 5.82 Å². The van der Waals surface area contributed by atoms with Crippen LogP contribution in [0.25, 0.3) is 22.8 Å². The second-order valence-corrected chi connectivity index (χ2v) is 5.07. The van der Waals surface area contributed by atoms with Gasteiger partial charge in [0.05, 0.1) is 6.10 Å². The van der Waals surface area contributed by atoms with Crippen molar-refractivity contribution in [1.29, 1.82) is 0 Å². The van der Waals surface area contributed by atoms with Crippen molar-refractivity contribution in [2.24, 2.45) is 0 Å². The van der Waals surface area contributed by atoms with Gasteiger partial charge in [-0.3, -0.25) is 5.10 Å². The Hall–Kier alpha value is -2.62. The first kappa shape index (κ1) is 13.4. The number of aromatic nitrogens is 3. The van der Waals surface area contributed by atoms with Crippen LogP contribution in [0, 0.1) is 0 Å². The Morgan fingerprint density at radius 1 is 0.952 bits per heavy atom. The zero-order valence-electron chi connectivity index (χ0n) is 12.1. The molecule has 21 heavy (non-hydrogen) atoms. The maximum Gasteiger partial charge on any atom is 0.181 e. The van der Waals surface area contributed by atoms with E-state index in [-0.39, 0.29) is 6.10 Å². The summed E-state index contributed by atoms with van der Waals surface area (Å²) in [5.41, 5.74) is 1.96. The first-order valence-electron chi connectivity index (χ1n) is 6.97. The minimum atomic E-state index is 0.146. The van der Waals surface area contributed by atoms with Crippen LogP contribution in [-0.2, 0) is 0 Å². The zero-order chi connectivity index (χ0) is 14.7. The van der Waals surface area contributed by atoms with Crippen LogP contribution in [0.3, 0.4) is 0 Å². The van der Waals surface area contributed by atoms with Gasteiger partial charge in [-0.2, -0.15) is 5.10 Å². The average Bonchev–Trinajstić information content (AvgIpc) is 2.98. The summed E-state index contributed by atoms with van der Waals surface area (Å²) < 4.78 is 5.70. The molecule has 106 valence electrons. The molecule has 1 aromatic heterocycles. The molecule has 3 aromatic rings. The van der Waals surface area contributed by atoms with Gasteiger partial charge in [0, 0.05) is 11.1 Å². The molecule has 0 saturated heterocycles. The number of hydrogen-bond donors (Lipinski definition) is 1. The topological polar surface area (TPSA) is 50.8 Å². The standard InChI is InChI=1S/C17H17N3O/c1-12(2)21-15-10-6-9-14(11-15)17-18-16(19-20-17)13-7-4-3-5-8-13/h3-12H,1-2H3,(H,18,19,20). The van der Waals surface area contributed by atoms with Crippen LogP contribution < -0.4 is 4.74 Å². The van der Waals surface area contributed by atoms with Crippen molar-refractivity contribution >= 4 is 0 Å². The normalized spacial score (nSPS) is 10.8. The first-order chi connectivity index (χ1) is 10.2. The van der Waals surface area contributed by atoms with Gasteiger partial charge < -0.3 is 4.74 Å². The van der Waals surface area contributed by atoms with Crippen molar-refractivity contribution in [2.45, 2.75) is 20.0 Å². The predicted molar refractivity (Wildman–Crippen MR) is 83.0 cm³/mol. The molecule has 0 unspecified atom stereocenters. The SMILES string of the molecule is CC(C)Oc1cccc(-c2n[nH]c(-c3ccccc3)n2)c1. The molecule has 4 nitrogen and oxygen atoms in total. The predicted octanol–water partition coefficient (Wildman–Crippen LogP) is 3.93. The molecule has 0 bridgehead atoms. The van der Waals surface area contributed by atoms with E-state index >= 15 is 0 Å². The molecule has 3 rings (SSSR count). The summed E-state index contributed by atoms with van der Waals surface area (Å²) in [7, 11) is 0. The molecule has 0 atom stereocenters. The van der Waals surface area contributed by atoms with Crippen molar-refractivity contribution in [3.63, 3.8) is 0 Å². The smallest absolute Gasteiger partial charge is 0.181 e. The van der Waals surface area contributed by atoms with Crippen LogP contribution in [0.1, 0.15) is 13.8 Å². The number of nitrogens with one attached hydrogen (secondary N) is 1. The summed E-state index contributed by atoms with van der Waals surface area (Å²) in [6.07, 6.45) is 0.146. The van der Waals surface area contributed by atoms with Crippen LogP contribution in [0.2, 0.25) is 0 Å². The number of aromatic amines is 1. The lowest BCUT2D eigenvalue weighted by Crippen LogP contribution is -2.05. The summed E-state index contributed by atoms with van der Waals surface area (Å²) in [4.78, 5) is 4.55. The second-order valence-electron chi connectivity index (χ2n) is 5.07.